The Morgan fingerprint density at radius 2 is 2.11 bits per heavy atom. The number of oxime groups is 1. The molecule has 0 amide bonds. The van der Waals surface area contributed by atoms with Crippen LogP contribution in [-0.4, -0.2) is 65.6 Å². The molecule has 2 aliphatic heterocycles. The zero-order valence-corrected chi connectivity index (χ0v) is 16.9. The molecule has 0 aliphatic carbocycles. The fourth-order valence-corrected chi connectivity index (χ4v) is 4.55. The van der Waals surface area contributed by atoms with Gasteiger partial charge >= 0.3 is 0 Å². The van der Waals surface area contributed by atoms with E-state index < -0.39 is 6.10 Å². The van der Waals surface area contributed by atoms with Crippen molar-refractivity contribution in [2.24, 2.45) is 5.16 Å². The second-order valence-electron chi connectivity index (χ2n) is 7.72. The molecule has 1 unspecified atom stereocenters. The third-order valence-electron chi connectivity index (χ3n) is 5.72. The van der Waals surface area contributed by atoms with Crippen LogP contribution in [0.3, 0.4) is 0 Å². The van der Waals surface area contributed by atoms with Gasteiger partial charge in [0.1, 0.15) is 12.7 Å². The van der Waals surface area contributed by atoms with Crippen molar-refractivity contribution in [2.75, 3.05) is 39.3 Å². The number of aromatic nitrogens is 1. The predicted molar refractivity (Wildman–Crippen MR) is 108 cm³/mol. The minimum absolute atomic E-state index is 0.163. The molecule has 2 N–H and O–H groups in total. The highest BCUT2D eigenvalue weighted by atomic mass is 35.5. The van der Waals surface area contributed by atoms with Crippen molar-refractivity contribution >= 4 is 16.8 Å². The molecule has 1 atom stereocenters. The molecule has 7 heteroatoms. The monoisotopic (exact) mass is 394 g/mol. The number of aryl methyl sites for hydroxylation is 1. The Balaban J connectivity index is 1.63. The molecule has 2 saturated heterocycles. The van der Waals surface area contributed by atoms with Gasteiger partial charge in [0.25, 0.3) is 0 Å². The lowest BCUT2D eigenvalue weighted by Gasteiger charge is -2.37. The summed E-state index contributed by atoms with van der Waals surface area (Å²) < 4.78 is 0. The van der Waals surface area contributed by atoms with Gasteiger partial charge in [-0.2, -0.15) is 0 Å². The summed E-state index contributed by atoms with van der Waals surface area (Å²) in [5.41, 5.74) is 1.92. The topological polar surface area (TPSA) is 70.0 Å². The summed E-state index contributed by atoms with van der Waals surface area (Å²) >= 11 is 6.68. The number of rotatable bonds is 7. The number of nitrogens with zero attached hydrogens (tertiary/aromatic N) is 3. The van der Waals surface area contributed by atoms with Gasteiger partial charge in [0.15, 0.2) is 5.17 Å². The van der Waals surface area contributed by atoms with E-state index in [1.54, 1.807) is 6.20 Å². The van der Waals surface area contributed by atoms with Crippen LogP contribution in [0.1, 0.15) is 43.2 Å². The number of aliphatic hydroxyl groups is 1. The van der Waals surface area contributed by atoms with Gasteiger partial charge in [-0.05, 0) is 76.0 Å². The lowest BCUT2D eigenvalue weighted by Crippen LogP contribution is -2.44. The molecule has 1 aromatic heterocycles. The highest BCUT2D eigenvalue weighted by Crippen LogP contribution is 2.38. The quantitative estimate of drug-likeness (QED) is 0.549. The number of nitrogens with one attached hydrogen (secondary N) is 1. The average molecular weight is 395 g/mol. The van der Waals surface area contributed by atoms with Crippen LogP contribution in [0.25, 0.3) is 0 Å². The molecule has 0 radical (unpaired) electrons. The van der Waals surface area contributed by atoms with Crippen LogP contribution in [0.15, 0.2) is 23.6 Å². The van der Waals surface area contributed by atoms with Crippen LogP contribution in [0.4, 0.5) is 0 Å². The Morgan fingerprint density at radius 1 is 1.37 bits per heavy atom. The zero-order valence-electron chi connectivity index (χ0n) is 16.2. The van der Waals surface area contributed by atoms with E-state index in [4.69, 9.17) is 16.4 Å². The second-order valence-corrected chi connectivity index (χ2v) is 8.07. The number of hydrogen-bond acceptors (Lipinski definition) is 6. The van der Waals surface area contributed by atoms with Gasteiger partial charge in [0.05, 0.1) is 5.41 Å². The summed E-state index contributed by atoms with van der Waals surface area (Å²) in [6.07, 6.45) is 8.54. The SMILES string of the molecule is Cc1cnccc1C1(/C(Cl)=N/OCC(O)CN2CCCCC2)CCNCC1. The van der Waals surface area contributed by atoms with Crippen LogP contribution in [0, 0.1) is 6.92 Å². The van der Waals surface area contributed by atoms with Gasteiger partial charge in [-0.15, -0.1) is 0 Å². The summed E-state index contributed by atoms with van der Waals surface area (Å²) in [7, 11) is 0. The predicted octanol–water partition coefficient (Wildman–Crippen LogP) is 2.43. The Bertz CT molecular complexity index is 628. The summed E-state index contributed by atoms with van der Waals surface area (Å²) in [4.78, 5) is 12.0. The van der Waals surface area contributed by atoms with Crippen molar-refractivity contribution in [2.45, 2.75) is 50.5 Å². The van der Waals surface area contributed by atoms with E-state index in [1.165, 1.54) is 19.3 Å². The van der Waals surface area contributed by atoms with E-state index >= 15 is 0 Å². The number of halogens is 1. The van der Waals surface area contributed by atoms with Gasteiger partial charge in [-0.1, -0.05) is 23.2 Å². The fraction of sp³-hybridized carbons (Fsp3) is 0.700. The Labute approximate surface area is 166 Å². The highest BCUT2D eigenvalue weighted by Gasteiger charge is 2.40. The highest BCUT2D eigenvalue weighted by molar-refractivity contribution is 6.67. The van der Waals surface area contributed by atoms with Crippen molar-refractivity contribution < 1.29 is 9.94 Å². The third kappa shape index (κ3) is 5.19. The van der Waals surface area contributed by atoms with E-state index in [1.807, 2.05) is 12.3 Å². The summed E-state index contributed by atoms with van der Waals surface area (Å²) in [6.45, 7) is 6.72. The first kappa shape index (κ1) is 20.5. The van der Waals surface area contributed by atoms with Crippen LogP contribution in [0.2, 0.25) is 0 Å². The van der Waals surface area contributed by atoms with Crippen LogP contribution < -0.4 is 5.32 Å². The number of β-amino-alcohol motifs (C(OH)–C–C–N with tert-alkyl or cyclic N) is 1. The van der Waals surface area contributed by atoms with E-state index in [0.29, 0.717) is 11.7 Å². The molecular formula is C20H31ClN4O2. The molecule has 27 heavy (non-hydrogen) atoms. The first-order valence-corrected chi connectivity index (χ1v) is 10.4. The first-order chi connectivity index (χ1) is 13.1. The van der Waals surface area contributed by atoms with Crippen molar-refractivity contribution in [1.82, 2.24) is 15.2 Å². The number of piperidine rings is 2. The fourth-order valence-electron chi connectivity index (χ4n) is 4.21. The van der Waals surface area contributed by atoms with Gasteiger partial charge in [-0.3, -0.25) is 4.98 Å². The minimum Gasteiger partial charge on any atom is -0.392 e. The van der Waals surface area contributed by atoms with Crippen LogP contribution in [-0.2, 0) is 10.3 Å². The van der Waals surface area contributed by atoms with E-state index in [-0.39, 0.29) is 12.0 Å². The molecule has 0 spiro atoms. The molecule has 0 saturated carbocycles. The van der Waals surface area contributed by atoms with Crippen molar-refractivity contribution in [1.29, 1.82) is 0 Å². The van der Waals surface area contributed by atoms with Crippen LogP contribution >= 0.6 is 11.6 Å². The second kappa shape index (κ2) is 9.82. The van der Waals surface area contributed by atoms with E-state index in [9.17, 15) is 5.11 Å². The Kier molecular flexibility index (Phi) is 7.47. The molecule has 3 rings (SSSR count). The smallest absolute Gasteiger partial charge is 0.156 e. The molecule has 2 fully saturated rings. The van der Waals surface area contributed by atoms with Gasteiger partial charge in [-0.25, -0.2) is 0 Å². The number of hydrogen-bond donors (Lipinski definition) is 2. The Hall–Kier alpha value is -1.21. The molecule has 3 heterocycles. The molecule has 6 nitrogen and oxygen atoms in total. The molecule has 2 aliphatic rings. The van der Waals surface area contributed by atoms with Crippen molar-refractivity contribution in [3.63, 3.8) is 0 Å². The van der Waals surface area contributed by atoms with Crippen molar-refractivity contribution in [3.8, 4) is 0 Å². The van der Waals surface area contributed by atoms with E-state index in [2.05, 4.69) is 27.3 Å². The molecular weight excluding hydrogens is 364 g/mol. The standard InChI is InChI=1S/C20H31ClN4O2/c1-16-13-23-8-5-18(16)20(6-9-22-10-7-20)19(21)24-27-15-17(26)14-25-11-3-2-4-12-25/h5,8,13,17,22,26H,2-4,6-7,9-12,14-15H2,1H3/b24-19-. The largest absolute Gasteiger partial charge is 0.392 e. The average Bonchev–Trinajstić information content (AvgIpc) is 2.69. The first-order valence-electron chi connectivity index (χ1n) is 10.00. The zero-order chi connectivity index (χ0) is 19.1. The van der Waals surface area contributed by atoms with E-state index in [0.717, 1.165) is 50.1 Å². The molecule has 0 aromatic carbocycles. The maximum atomic E-state index is 10.3. The van der Waals surface area contributed by atoms with Gasteiger partial charge in [0, 0.05) is 18.9 Å². The maximum Gasteiger partial charge on any atom is 0.156 e. The molecule has 150 valence electrons. The lowest BCUT2D eigenvalue weighted by atomic mass is 9.73. The van der Waals surface area contributed by atoms with Crippen LogP contribution in [0.5, 0.6) is 0 Å². The number of pyridine rings is 1. The lowest BCUT2D eigenvalue weighted by molar-refractivity contribution is 0.0154. The molecule has 0 bridgehead atoms. The van der Waals surface area contributed by atoms with Crippen molar-refractivity contribution in [3.05, 3.63) is 29.6 Å². The summed E-state index contributed by atoms with van der Waals surface area (Å²) in [6, 6.07) is 2.03. The van der Waals surface area contributed by atoms with Gasteiger partial charge in [0.2, 0.25) is 0 Å². The normalized spacial score (nSPS) is 22.4. The minimum atomic E-state index is -0.553. The number of aliphatic hydroxyl groups excluding tert-OH is 1. The third-order valence-corrected chi connectivity index (χ3v) is 6.15. The summed E-state index contributed by atoms with van der Waals surface area (Å²) in [5, 5.41) is 18.3. The molecule has 1 aromatic rings. The van der Waals surface area contributed by atoms with Gasteiger partial charge < -0.3 is 20.2 Å². The maximum absolute atomic E-state index is 10.3. The Morgan fingerprint density at radius 3 is 2.81 bits per heavy atom. The summed E-state index contributed by atoms with van der Waals surface area (Å²) in [5.74, 6) is 0. The number of likely N-dealkylation sites (tertiary alicyclic amines) is 1.